The van der Waals surface area contributed by atoms with Gasteiger partial charge in [-0.05, 0) is 49.7 Å². The van der Waals surface area contributed by atoms with Crippen LogP contribution in [0.5, 0.6) is 0 Å². The number of benzene rings is 3. The third-order valence-electron chi connectivity index (χ3n) is 6.87. The quantitative estimate of drug-likeness (QED) is 0.335. The molecule has 0 bridgehead atoms. The van der Waals surface area contributed by atoms with Crippen molar-refractivity contribution in [1.29, 1.82) is 0 Å². The second kappa shape index (κ2) is 11.2. The van der Waals surface area contributed by atoms with Crippen molar-refractivity contribution in [3.05, 3.63) is 99.6 Å². The summed E-state index contributed by atoms with van der Waals surface area (Å²) >= 11 is 6.14. The lowest BCUT2D eigenvalue weighted by Crippen LogP contribution is -2.47. The van der Waals surface area contributed by atoms with Gasteiger partial charge in [-0.25, -0.2) is 4.79 Å². The minimum absolute atomic E-state index is 0.0580. The van der Waals surface area contributed by atoms with Gasteiger partial charge in [-0.3, -0.25) is 9.69 Å². The van der Waals surface area contributed by atoms with Gasteiger partial charge in [0.25, 0.3) is 5.91 Å². The fourth-order valence-electron chi connectivity index (χ4n) is 4.85. The van der Waals surface area contributed by atoms with E-state index in [1.54, 1.807) is 12.1 Å². The van der Waals surface area contributed by atoms with E-state index in [2.05, 4.69) is 21.2 Å². The van der Waals surface area contributed by atoms with Gasteiger partial charge in [0.15, 0.2) is 0 Å². The van der Waals surface area contributed by atoms with Crippen LogP contribution in [0, 0.1) is 6.92 Å². The van der Waals surface area contributed by atoms with Gasteiger partial charge in [0.05, 0.1) is 5.39 Å². The first kappa shape index (κ1) is 25.1. The van der Waals surface area contributed by atoms with Crippen LogP contribution in [0.15, 0.2) is 82.0 Å². The van der Waals surface area contributed by atoms with Crippen molar-refractivity contribution in [2.24, 2.45) is 0 Å². The van der Waals surface area contributed by atoms with Crippen LogP contribution in [-0.2, 0) is 0 Å². The lowest BCUT2D eigenvalue weighted by molar-refractivity contribution is 0.0921. The Bertz CT molecular complexity index is 1460. The summed E-state index contributed by atoms with van der Waals surface area (Å²) in [5.41, 5.74) is 3.25. The Hall–Kier alpha value is -3.61. The van der Waals surface area contributed by atoms with Crippen molar-refractivity contribution in [2.45, 2.75) is 13.3 Å². The molecule has 37 heavy (non-hydrogen) atoms. The molecule has 2 heterocycles. The molecule has 0 unspecified atom stereocenters. The van der Waals surface area contributed by atoms with Crippen molar-refractivity contribution in [2.75, 3.05) is 44.2 Å². The average Bonchev–Trinajstić information content (AvgIpc) is 2.92. The fourth-order valence-corrected chi connectivity index (χ4v) is 5.04. The van der Waals surface area contributed by atoms with Crippen LogP contribution in [-0.4, -0.2) is 50.1 Å². The lowest BCUT2D eigenvalue weighted by Gasteiger charge is -2.36. The van der Waals surface area contributed by atoms with E-state index in [4.69, 9.17) is 16.0 Å². The maximum absolute atomic E-state index is 13.2. The van der Waals surface area contributed by atoms with Gasteiger partial charge in [0.1, 0.15) is 0 Å². The van der Waals surface area contributed by atoms with Crippen LogP contribution in [0.25, 0.3) is 21.9 Å². The molecule has 1 aromatic heterocycles. The minimum Gasteiger partial charge on any atom is -0.416 e. The Morgan fingerprint density at radius 2 is 1.68 bits per heavy atom. The molecule has 0 spiro atoms. The van der Waals surface area contributed by atoms with Gasteiger partial charge >= 0.3 is 5.63 Å². The van der Waals surface area contributed by atoms with Crippen molar-refractivity contribution in [3.63, 3.8) is 0 Å². The van der Waals surface area contributed by atoms with Gasteiger partial charge in [-0.2, -0.15) is 0 Å². The number of nitrogens with one attached hydrogen (secondary N) is 1. The number of amides is 1. The molecule has 0 atom stereocenters. The third kappa shape index (κ3) is 5.71. The Labute approximate surface area is 221 Å². The second-order valence-electron chi connectivity index (χ2n) is 9.42. The van der Waals surface area contributed by atoms with Crippen LogP contribution in [0.2, 0.25) is 5.02 Å². The monoisotopic (exact) mass is 515 g/mol. The molecule has 3 aromatic carbocycles. The molecule has 1 amide bonds. The minimum atomic E-state index is -0.505. The molecule has 5 rings (SSSR count). The van der Waals surface area contributed by atoms with Crippen LogP contribution < -0.4 is 15.8 Å². The predicted octanol–water partition coefficient (Wildman–Crippen LogP) is 5.36. The largest absolute Gasteiger partial charge is 0.416 e. The molecular weight excluding hydrogens is 486 g/mol. The van der Waals surface area contributed by atoms with Crippen LogP contribution in [0.3, 0.4) is 0 Å². The molecule has 7 heteroatoms. The molecule has 0 aliphatic carbocycles. The number of anilines is 1. The first-order valence-corrected chi connectivity index (χ1v) is 13.0. The van der Waals surface area contributed by atoms with Gasteiger partial charge in [-0.15, -0.1) is 0 Å². The topological polar surface area (TPSA) is 65.8 Å². The van der Waals surface area contributed by atoms with Crippen molar-refractivity contribution in [3.8, 4) is 11.1 Å². The summed E-state index contributed by atoms with van der Waals surface area (Å²) in [6.07, 6.45) is 0.806. The Kier molecular flexibility index (Phi) is 7.58. The zero-order chi connectivity index (χ0) is 25.8. The summed E-state index contributed by atoms with van der Waals surface area (Å²) in [6, 6.07) is 23.1. The van der Waals surface area contributed by atoms with E-state index in [0.29, 0.717) is 22.9 Å². The van der Waals surface area contributed by atoms with Gasteiger partial charge in [-0.1, -0.05) is 65.7 Å². The molecule has 1 N–H and O–H groups in total. The highest BCUT2D eigenvalue weighted by Crippen LogP contribution is 2.31. The molecule has 1 fully saturated rings. The second-order valence-corrected chi connectivity index (χ2v) is 9.86. The Balaban J connectivity index is 1.22. The van der Waals surface area contributed by atoms with Crippen LogP contribution >= 0.6 is 11.6 Å². The summed E-state index contributed by atoms with van der Waals surface area (Å²) in [4.78, 5) is 30.6. The van der Waals surface area contributed by atoms with Gasteiger partial charge in [0.2, 0.25) is 5.76 Å². The molecule has 4 aromatic rings. The normalized spacial score (nSPS) is 14.2. The molecule has 1 aliphatic heterocycles. The van der Waals surface area contributed by atoms with E-state index >= 15 is 0 Å². The van der Waals surface area contributed by atoms with E-state index in [1.165, 1.54) is 0 Å². The van der Waals surface area contributed by atoms with Crippen LogP contribution in [0.4, 0.5) is 5.69 Å². The summed E-state index contributed by atoms with van der Waals surface area (Å²) in [6.45, 7) is 7.18. The lowest BCUT2D eigenvalue weighted by atomic mass is 9.97. The molecule has 0 saturated carbocycles. The molecule has 1 aliphatic rings. The maximum Gasteiger partial charge on any atom is 0.344 e. The number of fused-ring (bicyclic) bond motifs is 1. The highest BCUT2D eigenvalue weighted by molar-refractivity contribution is 6.30. The molecule has 0 radical (unpaired) electrons. The Morgan fingerprint density at radius 3 is 2.41 bits per heavy atom. The van der Waals surface area contributed by atoms with Gasteiger partial charge in [0, 0.05) is 54.4 Å². The maximum atomic E-state index is 13.2. The number of nitrogens with zero attached hydrogens (tertiary/aromatic N) is 2. The highest BCUT2D eigenvalue weighted by atomic mass is 35.5. The highest BCUT2D eigenvalue weighted by Gasteiger charge is 2.22. The number of carbonyl (C=O) groups is 1. The van der Waals surface area contributed by atoms with E-state index in [-0.39, 0.29) is 11.7 Å². The molecule has 6 nitrogen and oxygen atoms in total. The first-order chi connectivity index (χ1) is 18.0. The average molecular weight is 516 g/mol. The Morgan fingerprint density at radius 1 is 0.946 bits per heavy atom. The molecule has 1 saturated heterocycles. The number of rotatable bonds is 7. The van der Waals surface area contributed by atoms with E-state index < -0.39 is 5.63 Å². The van der Waals surface area contributed by atoms with Crippen molar-refractivity contribution in [1.82, 2.24) is 10.2 Å². The van der Waals surface area contributed by atoms with E-state index in [9.17, 15) is 9.59 Å². The summed E-state index contributed by atoms with van der Waals surface area (Å²) in [5, 5.41) is 4.90. The van der Waals surface area contributed by atoms with E-state index in [1.807, 2.05) is 61.5 Å². The summed E-state index contributed by atoms with van der Waals surface area (Å²) < 4.78 is 5.58. The summed E-state index contributed by atoms with van der Waals surface area (Å²) in [5.74, 6) is -0.313. The number of halogens is 1. The number of hydrogen-bond acceptors (Lipinski definition) is 5. The number of aryl methyl sites for hydroxylation is 1. The molecule has 190 valence electrons. The zero-order valence-electron chi connectivity index (χ0n) is 20.9. The van der Waals surface area contributed by atoms with Crippen molar-refractivity contribution < 1.29 is 9.21 Å². The SMILES string of the molecule is Cc1ccc(-c2c(C(=O)NCCCN3CCN(c4cccc(Cl)c4)CC3)oc(=O)c3ccccc23)cc1. The number of piperazine rings is 1. The van der Waals surface area contributed by atoms with Crippen LogP contribution in [0.1, 0.15) is 22.5 Å². The first-order valence-electron chi connectivity index (χ1n) is 12.6. The molecular formula is C30H30ClN3O3. The smallest absolute Gasteiger partial charge is 0.344 e. The van der Waals surface area contributed by atoms with E-state index in [0.717, 1.165) is 61.0 Å². The zero-order valence-corrected chi connectivity index (χ0v) is 21.6. The number of hydrogen-bond donors (Lipinski definition) is 1. The standard InChI is InChI=1S/C30H30ClN3O3/c1-21-10-12-22(13-11-21)27-25-8-2-3-9-26(25)30(36)37-28(27)29(35)32-14-5-15-33-16-18-34(19-17-33)24-7-4-6-23(31)20-24/h2-4,6-13,20H,5,14-19H2,1H3,(H,32,35). The van der Waals surface area contributed by atoms with Gasteiger partial charge < -0.3 is 14.6 Å². The van der Waals surface area contributed by atoms with Crippen molar-refractivity contribution >= 4 is 34.0 Å². The number of carbonyl (C=O) groups excluding carboxylic acids is 1. The third-order valence-corrected chi connectivity index (χ3v) is 7.10. The predicted molar refractivity (Wildman–Crippen MR) is 150 cm³/mol. The fraction of sp³-hybridized carbons (Fsp3) is 0.267. The summed E-state index contributed by atoms with van der Waals surface area (Å²) in [7, 11) is 0.